The van der Waals surface area contributed by atoms with E-state index in [-0.39, 0.29) is 0 Å². The summed E-state index contributed by atoms with van der Waals surface area (Å²) in [6.45, 7) is 14.1. The quantitative estimate of drug-likeness (QED) is 0.606. The van der Waals surface area contributed by atoms with Gasteiger partial charge in [-0.25, -0.2) is 0 Å². The highest BCUT2D eigenvalue weighted by atomic mass is 32.2. The summed E-state index contributed by atoms with van der Waals surface area (Å²) < 4.78 is 0. The summed E-state index contributed by atoms with van der Waals surface area (Å²) >= 11 is 1.71. The van der Waals surface area contributed by atoms with Gasteiger partial charge >= 0.3 is 0 Å². The third kappa shape index (κ3) is 7.73. The third-order valence-electron chi connectivity index (χ3n) is 1.07. The van der Waals surface area contributed by atoms with Gasteiger partial charge in [0, 0.05) is 0 Å². The molecule has 0 nitrogen and oxygen atoms in total. The van der Waals surface area contributed by atoms with Crippen LogP contribution in [0, 0.1) is 5.92 Å². The Morgan fingerprint density at radius 2 is 1.82 bits per heavy atom. The molecule has 0 rings (SSSR count). The van der Waals surface area contributed by atoms with Crippen molar-refractivity contribution in [1.29, 1.82) is 0 Å². The lowest BCUT2D eigenvalue weighted by atomic mass is 10.2. The van der Waals surface area contributed by atoms with E-state index in [9.17, 15) is 0 Å². The van der Waals surface area contributed by atoms with Crippen LogP contribution in [0.1, 0.15) is 34.6 Å². The minimum absolute atomic E-state index is 0.637. The Morgan fingerprint density at radius 3 is 1.91 bits per heavy atom. The predicted octanol–water partition coefficient (Wildman–Crippen LogP) is 4.45. The monoisotopic (exact) mass is 172 g/mol. The van der Waals surface area contributed by atoms with Crippen LogP contribution >= 0.6 is 11.8 Å². The molecule has 66 valence electrons. The van der Waals surface area contributed by atoms with Gasteiger partial charge in [-0.2, -0.15) is 0 Å². The van der Waals surface area contributed by atoms with E-state index in [1.165, 1.54) is 4.91 Å². The van der Waals surface area contributed by atoms with E-state index in [1.54, 1.807) is 11.8 Å². The highest BCUT2D eigenvalue weighted by Crippen LogP contribution is 2.23. The molecule has 0 aliphatic rings. The van der Waals surface area contributed by atoms with Crippen LogP contribution in [0.3, 0.4) is 0 Å². The maximum Gasteiger partial charge on any atom is -0.0126 e. The van der Waals surface area contributed by atoms with Gasteiger partial charge in [0.15, 0.2) is 0 Å². The molecule has 0 aromatic rings. The lowest BCUT2D eigenvalue weighted by molar-refractivity contribution is 0.815. The van der Waals surface area contributed by atoms with Gasteiger partial charge < -0.3 is 0 Å². The van der Waals surface area contributed by atoms with Crippen LogP contribution in [0.5, 0.6) is 0 Å². The molecule has 0 bridgehead atoms. The molecule has 1 heteroatoms. The van der Waals surface area contributed by atoms with E-state index in [1.807, 2.05) is 19.3 Å². The van der Waals surface area contributed by atoms with Crippen molar-refractivity contribution in [3.05, 3.63) is 23.0 Å². The molecule has 0 saturated heterocycles. The zero-order valence-electron chi connectivity index (χ0n) is 8.35. The Morgan fingerprint density at radius 1 is 1.36 bits per heavy atom. The van der Waals surface area contributed by atoms with Crippen LogP contribution in [-0.2, 0) is 0 Å². The largest absolute Gasteiger partial charge is 0.103 e. The maximum absolute atomic E-state index is 3.65. The predicted molar refractivity (Wildman–Crippen MR) is 57.7 cm³/mol. The number of thioether (sulfide) groups is 1. The highest BCUT2D eigenvalue weighted by Gasteiger charge is 1.98. The van der Waals surface area contributed by atoms with Crippen molar-refractivity contribution in [2.24, 2.45) is 5.92 Å². The van der Waals surface area contributed by atoms with Crippen molar-refractivity contribution in [1.82, 2.24) is 0 Å². The molecule has 0 unspecified atom stereocenters. The van der Waals surface area contributed by atoms with E-state index in [0.29, 0.717) is 5.92 Å². The summed E-state index contributed by atoms with van der Waals surface area (Å²) in [5.41, 5.74) is 0. The van der Waals surface area contributed by atoms with Crippen LogP contribution in [0.25, 0.3) is 0 Å². The Balaban J connectivity index is 0. The molecule has 0 radical (unpaired) electrons. The van der Waals surface area contributed by atoms with Crippen LogP contribution in [0.4, 0.5) is 0 Å². The minimum Gasteiger partial charge on any atom is -0.103 e. The summed E-state index contributed by atoms with van der Waals surface area (Å²) in [5, 5.41) is 1.87. The summed E-state index contributed by atoms with van der Waals surface area (Å²) in [6.07, 6.45) is 2.14. The van der Waals surface area contributed by atoms with Crippen molar-refractivity contribution in [3.8, 4) is 0 Å². The van der Waals surface area contributed by atoms with Gasteiger partial charge in [-0.15, -0.1) is 11.8 Å². The van der Waals surface area contributed by atoms with E-state index in [4.69, 9.17) is 0 Å². The second kappa shape index (κ2) is 9.83. The van der Waals surface area contributed by atoms with Crippen LogP contribution in [0.2, 0.25) is 0 Å². The van der Waals surface area contributed by atoms with Gasteiger partial charge in [0.25, 0.3) is 0 Å². The van der Waals surface area contributed by atoms with Gasteiger partial charge in [0.1, 0.15) is 0 Å². The van der Waals surface area contributed by atoms with Crippen LogP contribution in [0.15, 0.2) is 23.0 Å². The van der Waals surface area contributed by atoms with Gasteiger partial charge in [-0.3, -0.25) is 0 Å². The fraction of sp³-hybridized carbons (Fsp3) is 0.600. The Hall–Kier alpha value is -0.170. The Kier molecular flexibility index (Phi) is 12.0. The first-order valence-corrected chi connectivity index (χ1v) is 5.04. The van der Waals surface area contributed by atoms with Crippen molar-refractivity contribution >= 4 is 11.8 Å². The van der Waals surface area contributed by atoms with Crippen molar-refractivity contribution in [3.63, 3.8) is 0 Å². The fourth-order valence-corrected chi connectivity index (χ4v) is 1.23. The molecular formula is C10H20S. The highest BCUT2D eigenvalue weighted by molar-refractivity contribution is 8.05. The number of hydrogen-bond donors (Lipinski definition) is 0. The molecule has 11 heavy (non-hydrogen) atoms. The second-order valence-corrected chi connectivity index (χ2v) is 3.17. The summed E-state index contributed by atoms with van der Waals surface area (Å²) in [6, 6.07) is 0. The third-order valence-corrected chi connectivity index (χ3v) is 2.22. The van der Waals surface area contributed by atoms with Crippen LogP contribution in [-0.4, -0.2) is 0 Å². The van der Waals surface area contributed by atoms with Crippen molar-refractivity contribution < 1.29 is 0 Å². The van der Waals surface area contributed by atoms with Gasteiger partial charge in [-0.1, -0.05) is 40.3 Å². The first kappa shape index (κ1) is 13.4. The van der Waals surface area contributed by atoms with E-state index in [0.717, 1.165) is 0 Å². The molecule has 0 aromatic carbocycles. The average molecular weight is 172 g/mol. The van der Waals surface area contributed by atoms with Gasteiger partial charge in [0.2, 0.25) is 0 Å². The number of hydrogen-bond acceptors (Lipinski definition) is 1. The molecule has 0 aliphatic carbocycles. The van der Waals surface area contributed by atoms with E-state index in [2.05, 4.69) is 33.4 Å². The Bertz CT molecular complexity index is 112. The molecule has 0 saturated carbocycles. The van der Waals surface area contributed by atoms with E-state index < -0.39 is 0 Å². The summed E-state index contributed by atoms with van der Waals surface area (Å²) in [5.74, 6) is 0.637. The summed E-state index contributed by atoms with van der Waals surface area (Å²) in [4.78, 5) is 1.39. The van der Waals surface area contributed by atoms with Crippen molar-refractivity contribution in [2.75, 3.05) is 0 Å². The zero-order valence-corrected chi connectivity index (χ0v) is 9.16. The molecule has 0 aromatic heterocycles. The zero-order chi connectivity index (χ0) is 9.28. The first-order valence-electron chi connectivity index (χ1n) is 4.16. The molecule has 0 heterocycles. The summed E-state index contributed by atoms with van der Waals surface area (Å²) in [7, 11) is 0. The molecule has 0 aliphatic heterocycles. The average Bonchev–Trinajstić information content (AvgIpc) is 2.03. The first-order chi connectivity index (χ1) is 5.22. The van der Waals surface area contributed by atoms with Gasteiger partial charge in [-0.05, 0) is 23.2 Å². The van der Waals surface area contributed by atoms with Gasteiger partial charge in [0.05, 0.1) is 0 Å². The Labute approximate surface area is 75.8 Å². The second-order valence-electron chi connectivity index (χ2n) is 2.13. The topological polar surface area (TPSA) is 0 Å². The van der Waals surface area contributed by atoms with E-state index >= 15 is 0 Å². The molecule has 0 N–H and O–H groups in total. The fourth-order valence-electron chi connectivity index (χ4n) is 0.634. The lowest BCUT2D eigenvalue weighted by Crippen LogP contribution is -1.86. The molecule has 0 atom stereocenters. The molecule has 0 spiro atoms. The number of allylic oxidation sites excluding steroid dienone is 2. The molecule has 0 fully saturated rings. The smallest absolute Gasteiger partial charge is 0.0126 e. The normalized spacial score (nSPS) is 10.5. The lowest BCUT2D eigenvalue weighted by Gasteiger charge is -2.05. The maximum atomic E-state index is 3.65. The molecular weight excluding hydrogens is 152 g/mol. The SMILES string of the molecule is C=CS/C(=C\C)C(C)C.CC. The standard InChI is InChI=1S/C8H14S.C2H6/c1-5-8(7(3)4)9-6-2;1-2/h5-7H,2H2,1,3-4H3;1-2H3/b8-5-;. The van der Waals surface area contributed by atoms with Crippen molar-refractivity contribution in [2.45, 2.75) is 34.6 Å². The van der Waals surface area contributed by atoms with Crippen LogP contribution < -0.4 is 0 Å². The molecule has 0 amide bonds. The minimum atomic E-state index is 0.637. The number of rotatable bonds is 3.